The van der Waals surface area contributed by atoms with Crippen molar-refractivity contribution in [2.24, 2.45) is 5.73 Å². The van der Waals surface area contributed by atoms with Crippen LogP contribution >= 0.6 is 0 Å². The number of rotatable bonds is 8. The Hall–Kier alpha value is -4.91. The van der Waals surface area contributed by atoms with Crippen molar-refractivity contribution in [3.63, 3.8) is 0 Å². The molecule has 0 saturated heterocycles. The van der Waals surface area contributed by atoms with Crippen LogP contribution in [0.4, 0.5) is 11.5 Å². The smallest absolute Gasteiger partial charge is 0.153 e. The fourth-order valence-corrected chi connectivity index (χ4v) is 3.46. The Bertz CT molecular complexity index is 1330. The summed E-state index contributed by atoms with van der Waals surface area (Å²) in [5.41, 5.74) is 15.9. The molecule has 1 heterocycles. The van der Waals surface area contributed by atoms with Crippen molar-refractivity contribution in [1.82, 2.24) is 4.98 Å². The zero-order valence-electron chi connectivity index (χ0n) is 18.3. The Kier molecular flexibility index (Phi) is 6.65. The molecule has 7 heteroatoms. The number of hydrogen-bond acceptors (Lipinski definition) is 6. The first kappa shape index (κ1) is 22.3. The molecule has 0 spiro atoms. The molecular weight excluding hydrogens is 424 g/mol. The Morgan fingerprint density at radius 2 is 1.50 bits per heavy atom. The number of para-hydroxylation sites is 1. The predicted octanol–water partition coefficient (Wildman–Crippen LogP) is 5.51. The van der Waals surface area contributed by atoms with E-state index in [0.717, 1.165) is 16.9 Å². The van der Waals surface area contributed by atoms with Gasteiger partial charge in [-0.1, -0.05) is 60.7 Å². The summed E-state index contributed by atoms with van der Waals surface area (Å²) in [6, 6.07) is 26.5. The molecule has 0 atom stereocenters. The van der Waals surface area contributed by atoms with Crippen LogP contribution in [0.2, 0.25) is 0 Å². The summed E-state index contributed by atoms with van der Waals surface area (Å²) < 4.78 is 5.85. The van der Waals surface area contributed by atoms with Crippen LogP contribution in [-0.4, -0.2) is 17.0 Å². The lowest BCUT2D eigenvalue weighted by Crippen LogP contribution is -2.17. The lowest BCUT2D eigenvalue weighted by molar-refractivity contribution is 0.483. The lowest BCUT2D eigenvalue weighted by atomic mass is 9.99. The number of ether oxygens (including phenoxy) is 1. The van der Waals surface area contributed by atoms with Crippen molar-refractivity contribution < 1.29 is 4.74 Å². The maximum atomic E-state index is 8.11. The molecule has 4 rings (SSSR count). The van der Waals surface area contributed by atoms with E-state index in [1.54, 1.807) is 12.4 Å². The number of nitrogen functional groups attached to an aromatic ring is 2. The van der Waals surface area contributed by atoms with Crippen molar-refractivity contribution in [2.45, 2.75) is 0 Å². The van der Waals surface area contributed by atoms with Crippen LogP contribution in [0.15, 0.2) is 97.3 Å². The Morgan fingerprint density at radius 3 is 2.12 bits per heavy atom. The highest BCUT2D eigenvalue weighted by molar-refractivity contribution is 6.10. The number of pyridine rings is 1. The Balaban J connectivity index is 1.62. The number of nitrogens with one attached hydrogen (secondary N) is 3. The van der Waals surface area contributed by atoms with Crippen LogP contribution in [0.3, 0.4) is 0 Å². The monoisotopic (exact) mass is 448 g/mol. The average Bonchev–Trinajstić information content (AvgIpc) is 2.86. The normalized spacial score (nSPS) is 11.0. The fourth-order valence-electron chi connectivity index (χ4n) is 3.46. The van der Waals surface area contributed by atoms with E-state index in [-0.39, 0.29) is 11.5 Å². The summed E-state index contributed by atoms with van der Waals surface area (Å²) in [6.07, 6.45) is 4.53. The number of anilines is 2. The zero-order chi connectivity index (χ0) is 23.9. The summed E-state index contributed by atoms with van der Waals surface area (Å²) in [6.45, 7) is 0. The minimum atomic E-state index is -0.165. The number of nitrogens with zero attached hydrogens (tertiary/aromatic N) is 1. The molecule has 0 radical (unpaired) electrons. The molecule has 0 bridgehead atoms. The molecule has 0 unspecified atom stereocenters. The molecule has 4 aromatic rings. The first-order valence-corrected chi connectivity index (χ1v) is 10.6. The minimum absolute atomic E-state index is 0.165. The van der Waals surface area contributed by atoms with Crippen molar-refractivity contribution in [2.75, 3.05) is 11.1 Å². The molecule has 0 saturated carbocycles. The van der Waals surface area contributed by atoms with Crippen LogP contribution in [0.5, 0.6) is 11.5 Å². The third-order valence-electron chi connectivity index (χ3n) is 5.16. The van der Waals surface area contributed by atoms with Gasteiger partial charge in [-0.15, -0.1) is 0 Å². The van der Waals surface area contributed by atoms with Gasteiger partial charge in [0.25, 0.3) is 0 Å². The van der Waals surface area contributed by atoms with Crippen molar-refractivity contribution in [1.29, 1.82) is 10.8 Å². The van der Waals surface area contributed by atoms with Gasteiger partial charge in [-0.2, -0.15) is 0 Å². The van der Waals surface area contributed by atoms with Gasteiger partial charge in [0.15, 0.2) is 5.82 Å². The second-order valence-electron chi connectivity index (χ2n) is 7.42. The molecule has 168 valence electrons. The van der Waals surface area contributed by atoms with E-state index < -0.39 is 0 Å². The van der Waals surface area contributed by atoms with E-state index in [2.05, 4.69) is 10.3 Å². The van der Waals surface area contributed by atoms with Crippen LogP contribution < -0.4 is 21.5 Å². The summed E-state index contributed by atoms with van der Waals surface area (Å²) >= 11 is 0. The Labute approximate surface area is 197 Å². The highest BCUT2D eigenvalue weighted by Crippen LogP contribution is 2.33. The molecule has 0 aliphatic rings. The standard InChI is InChI=1S/C27H24N6O/c28-15-20(18-7-3-1-4-8-18)16-32-27-25(29)24(26(30)31)23(17-33-27)19-11-13-22(14-12-19)34-21-9-5-2-6-10-21/h1-17,28H,29H2,(H3,30,31)(H,32,33)/b20-16+,28-15?. The maximum absolute atomic E-state index is 8.11. The van der Waals surface area contributed by atoms with Crippen LogP contribution in [-0.2, 0) is 0 Å². The van der Waals surface area contributed by atoms with Gasteiger partial charge in [0, 0.05) is 29.7 Å². The molecule has 1 aromatic heterocycles. The molecule has 0 aliphatic heterocycles. The van der Waals surface area contributed by atoms with E-state index in [9.17, 15) is 0 Å². The first-order chi connectivity index (χ1) is 16.6. The van der Waals surface area contributed by atoms with Crippen molar-refractivity contribution in [3.05, 3.63) is 108 Å². The largest absolute Gasteiger partial charge is 0.457 e. The molecule has 0 fully saturated rings. The number of allylic oxidation sites excluding steroid dienone is 1. The summed E-state index contributed by atoms with van der Waals surface area (Å²) in [7, 11) is 0. The van der Waals surface area contributed by atoms with E-state index >= 15 is 0 Å². The van der Waals surface area contributed by atoms with Gasteiger partial charge in [-0.3, -0.25) is 5.41 Å². The SMILES string of the molecule is N=C/C(=C\Nc1ncc(-c2ccc(Oc3ccccc3)cc2)c(C(=N)N)c1N)c1ccccc1. The third-order valence-corrected chi connectivity index (χ3v) is 5.16. The molecule has 7 nitrogen and oxygen atoms in total. The van der Waals surface area contributed by atoms with Gasteiger partial charge < -0.3 is 26.9 Å². The van der Waals surface area contributed by atoms with Gasteiger partial charge in [0.05, 0.1) is 11.3 Å². The highest BCUT2D eigenvalue weighted by atomic mass is 16.5. The van der Waals surface area contributed by atoms with Gasteiger partial charge in [0.1, 0.15) is 17.3 Å². The predicted molar refractivity (Wildman–Crippen MR) is 138 cm³/mol. The van der Waals surface area contributed by atoms with Crippen LogP contribution in [0.25, 0.3) is 16.7 Å². The van der Waals surface area contributed by atoms with E-state index in [0.29, 0.717) is 28.3 Å². The maximum Gasteiger partial charge on any atom is 0.153 e. The van der Waals surface area contributed by atoms with Crippen molar-refractivity contribution in [3.8, 4) is 22.6 Å². The molecule has 0 amide bonds. The molecule has 0 aliphatic carbocycles. The molecule has 3 aromatic carbocycles. The highest BCUT2D eigenvalue weighted by Gasteiger charge is 2.16. The summed E-state index contributed by atoms with van der Waals surface area (Å²) in [5.74, 6) is 1.62. The zero-order valence-corrected chi connectivity index (χ0v) is 18.3. The van der Waals surface area contributed by atoms with Crippen molar-refractivity contribution >= 4 is 29.1 Å². The van der Waals surface area contributed by atoms with Gasteiger partial charge in [-0.25, -0.2) is 4.98 Å². The number of nitrogens with two attached hydrogens (primary N) is 2. The number of aromatic nitrogens is 1. The van der Waals surface area contributed by atoms with E-state index in [4.69, 9.17) is 27.0 Å². The summed E-state index contributed by atoms with van der Waals surface area (Å²) in [5, 5.41) is 18.9. The first-order valence-electron chi connectivity index (χ1n) is 10.6. The minimum Gasteiger partial charge on any atom is -0.457 e. The third kappa shape index (κ3) is 4.94. The molecule has 7 N–H and O–H groups in total. The second-order valence-corrected chi connectivity index (χ2v) is 7.42. The number of amidine groups is 1. The number of hydrogen-bond donors (Lipinski definition) is 5. The van der Waals surface area contributed by atoms with E-state index in [1.807, 2.05) is 84.9 Å². The average molecular weight is 449 g/mol. The van der Waals surface area contributed by atoms with E-state index in [1.165, 1.54) is 6.21 Å². The van der Waals surface area contributed by atoms with Gasteiger partial charge in [-0.05, 0) is 35.4 Å². The summed E-state index contributed by atoms with van der Waals surface area (Å²) in [4.78, 5) is 4.45. The quantitative estimate of drug-likeness (QED) is 0.179. The molecule has 34 heavy (non-hydrogen) atoms. The van der Waals surface area contributed by atoms with Crippen LogP contribution in [0, 0.1) is 10.8 Å². The van der Waals surface area contributed by atoms with Crippen LogP contribution in [0.1, 0.15) is 11.1 Å². The molecular formula is C27H24N6O. The number of benzene rings is 3. The lowest BCUT2D eigenvalue weighted by Gasteiger charge is -2.15. The topological polar surface area (TPSA) is 134 Å². The second kappa shape index (κ2) is 10.1. The van der Waals surface area contributed by atoms with Gasteiger partial charge in [0.2, 0.25) is 0 Å². The Morgan fingerprint density at radius 1 is 0.882 bits per heavy atom. The van der Waals surface area contributed by atoms with Gasteiger partial charge >= 0.3 is 0 Å². The fraction of sp³-hybridized carbons (Fsp3) is 0.